The Bertz CT molecular complexity index is 971. The molecule has 0 bridgehead atoms. The number of unbranched alkanes of at least 4 members (excludes halogenated alkanes) is 1. The molecule has 1 atom stereocenters. The molecule has 1 heterocycles. The quantitative estimate of drug-likeness (QED) is 0.319. The summed E-state index contributed by atoms with van der Waals surface area (Å²) in [6.07, 6.45) is 5.21. The van der Waals surface area contributed by atoms with Crippen molar-refractivity contribution in [2.24, 2.45) is 5.73 Å². The van der Waals surface area contributed by atoms with E-state index in [4.69, 9.17) is 5.73 Å². The molecule has 152 valence electrons. The molecule has 0 saturated heterocycles. The fourth-order valence-corrected chi connectivity index (χ4v) is 4.03. The van der Waals surface area contributed by atoms with Gasteiger partial charge in [0, 0.05) is 16.3 Å². The summed E-state index contributed by atoms with van der Waals surface area (Å²) in [7, 11) is 0. The van der Waals surface area contributed by atoms with E-state index in [9.17, 15) is 4.39 Å². The average Bonchev–Trinajstić information content (AvgIpc) is 3.09. The number of thioether (sulfide) groups is 1. The Hall–Kier alpha value is -2.30. The van der Waals surface area contributed by atoms with Crippen molar-refractivity contribution < 1.29 is 4.39 Å². The minimum absolute atomic E-state index is 0.215. The Morgan fingerprint density at radius 2 is 1.79 bits per heavy atom. The maximum Gasteiger partial charge on any atom is 0.123 e. The van der Waals surface area contributed by atoms with Crippen molar-refractivity contribution in [1.29, 1.82) is 0 Å². The highest BCUT2D eigenvalue weighted by molar-refractivity contribution is 7.98. The van der Waals surface area contributed by atoms with Gasteiger partial charge in [-0.3, -0.25) is 0 Å². The maximum atomic E-state index is 13.5. The van der Waals surface area contributed by atoms with Gasteiger partial charge in [0.25, 0.3) is 0 Å². The molecule has 0 saturated carbocycles. The van der Waals surface area contributed by atoms with Gasteiger partial charge in [0.05, 0.1) is 11.7 Å². The van der Waals surface area contributed by atoms with Crippen molar-refractivity contribution in [1.82, 2.24) is 4.57 Å². The standard InChI is InChI=1S/C25H29FN2S/c1-5-6-7-17(2)25(27)23-16-24(19-8-14-22(29-4)15-9-19)28(18(23)3)21-12-10-20(26)11-13-21/h8-16,25H,2,5-7,27H2,1,3-4H3. The summed E-state index contributed by atoms with van der Waals surface area (Å²) in [5.41, 5.74) is 12.9. The first-order chi connectivity index (χ1) is 14.0. The summed E-state index contributed by atoms with van der Waals surface area (Å²) in [5.74, 6) is -0.241. The van der Waals surface area contributed by atoms with E-state index in [1.807, 2.05) is 12.1 Å². The van der Waals surface area contributed by atoms with E-state index < -0.39 is 0 Å². The fourth-order valence-electron chi connectivity index (χ4n) is 3.62. The molecule has 2 aromatic carbocycles. The summed E-state index contributed by atoms with van der Waals surface area (Å²) in [6, 6.07) is 17.1. The van der Waals surface area contributed by atoms with Gasteiger partial charge in [0.1, 0.15) is 5.82 Å². The molecule has 2 N–H and O–H groups in total. The fraction of sp³-hybridized carbons (Fsp3) is 0.280. The minimum atomic E-state index is -0.241. The molecule has 1 unspecified atom stereocenters. The first-order valence-corrected chi connectivity index (χ1v) is 11.2. The van der Waals surface area contributed by atoms with Gasteiger partial charge >= 0.3 is 0 Å². The molecule has 0 spiro atoms. The first-order valence-electron chi connectivity index (χ1n) is 10.0. The smallest absolute Gasteiger partial charge is 0.123 e. The Labute approximate surface area is 177 Å². The van der Waals surface area contributed by atoms with Gasteiger partial charge in [0.2, 0.25) is 0 Å². The third-order valence-electron chi connectivity index (χ3n) is 5.38. The van der Waals surface area contributed by atoms with Crippen LogP contribution in [-0.4, -0.2) is 10.8 Å². The predicted octanol–water partition coefficient (Wildman–Crippen LogP) is 7.06. The van der Waals surface area contributed by atoms with Crippen LogP contribution < -0.4 is 5.73 Å². The molecule has 0 aliphatic carbocycles. The Morgan fingerprint density at radius 3 is 2.38 bits per heavy atom. The summed E-state index contributed by atoms with van der Waals surface area (Å²) in [4.78, 5) is 1.22. The predicted molar refractivity (Wildman–Crippen MR) is 123 cm³/mol. The zero-order chi connectivity index (χ0) is 21.0. The van der Waals surface area contributed by atoms with E-state index in [0.29, 0.717) is 0 Å². The molecule has 0 aliphatic rings. The second-order valence-corrected chi connectivity index (χ2v) is 8.23. The van der Waals surface area contributed by atoms with Crippen LogP contribution in [0.25, 0.3) is 16.9 Å². The molecule has 0 fully saturated rings. The first kappa shape index (κ1) is 21.4. The number of hydrogen-bond acceptors (Lipinski definition) is 2. The Balaban J connectivity index is 2.12. The lowest BCUT2D eigenvalue weighted by Gasteiger charge is -2.16. The largest absolute Gasteiger partial charge is 0.320 e. The number of nitrogens with two attached hydrogens (primary N) is 1. The summed E-state index contributed by atoms with van der Waals surface area (Å²) in [5, 5.41) is 0. The van der Waals surface area contributed by atoms with Gasteiger partial charge in [-0.1, -0.05) is 37.6 Å². The third kappa shape index (κ3) is 4.65. The zero-order valence-corrected chi connectivity index (χ0v) is 18.2. The van der Waals surface area contributed by atoms with Crippen molar-refractivity contribution in [3.8, 4) is 16.9 Å². The van der Waals surface area contributed by atoms with E-state index in [1.165, 1.54) is 17.0 Å². The monoisotopic (exact) mass is 408 g/mol. The minimum Gasteiger partial charge on any atom is -0.320 e. The number of aromatic nitrogens is 1. The van der Waals surface area contributed by atoms with Crippen LogP contribution in [-0.2, 0) is 0 Å². The maximum absolute atomic E-state index is 13.5. The number of nitrogens with zero attached hydrogens (tertiary/aromatic N) is 1. The van der Waals surface area contributed by atoms with Gasteiger partial charge < -0.3 is 10.3 Å². The van der Waals surface area contributed by atoms with Crippen molar-refractivity contribution in [3.05, 3.63) is 83.8 Å². The highest BCUT2D eigenvalue weighted by Crippen LogP contribution is 2.35. The molecule has 29 heavy (non-hydrogen) atoms. The van der Waals surface area contributed by atoms with E-state index in [-0.39, 0.29) is 11.9 Å². The molecule has 4 heteroatoms. The van der Waals surface area contributed by atoms with Crippen LogP contribution in [0, 0.1) is 12.7 Å². The van der Waals surface area contributed by atoms with Crippen LogP contribution in [0.3, 0.4) is 0 Å². The number of benzene rings is 2. The van der Waals surface area contributed by atoms with Crippen LogP contribution >= 0.6 is 11.8 Å². The lowest BCUT2D eigenvalue weighted by molar-refractivity contribution is 0.627. The van der Waals surface area contributed by atoms with Crippen LogP contribution in [0.15, 0.2) is 71.6 Å². The molecule has 2 nitrogen and oxygen atoms in total. The van der Waals surface area contributed by atoms with Gasteiger partial charge in [-0.25, -0.2) is 4.39 Å². The lowest BCUT2D eigenvalue weighted by atomic mass is 9.96. The third-order valence-corrected chi connectivity index (χ3v) is 6.13. The van der Waals surface area contributed by atoms with E-state index in [1.54, 1.807) is 11.8 Å². The van der Waals surface area contributed by atoms with Crippen molar-refractivity contribution in [2.75, 3.05) is 6.26 Å². The Kier molecular flexibility index (Phi) is 6.99. The summed E-state index contributed by atoms with van der Waals surface area (Å²) >= 11 is 1.72. The summed E-state index contributed by atoms with van der Waals surface area (Å²) < 4.78 is 15.7. The molecule has 0 aliphatic heterocycles. The van der Waals surface area contributed by atoms with Crippen molar-refractivity contribution in [2.45, 2.75) is 44.0 Å². The van der Waals surface area contributed by atoms with E-state index in [0.717, 1.165) is 53.0 Å². The van der Waals surface area contributed by atoms with Crippen molar-refractivity contribution in [3.63, 3.8) is 0 Å². The molecule has 3 rings (SSSR count). The van der Waals surface area contributed by atoms with Crippen LogP contribution in [0.2, 0.25) is 0 Å². The van der Waals surface area contributed by atoms with Gasteiger partial charge in [-0.05, 0) is 79.6 Å². The van der Waals surface area contributed by atoms with E-state index in [2.05, 4.69) is 61.6 Å². The number of rotatable bonds is 8. The highest BCUT2D eigenvalue weighted by atomic mass is 32.2. The van der Waals surface area contributed by atoms with Gasteiger partial charge in [0.15, 0.2) is 0 Å². The molecule has 3 aromatic rings. The van der Waals surface area contributed by atoms with Crippen LogP contribution in [0.5, 0.6) is 0 Å². The lowest BCUT2D eigenvalue weighted by Crippen LogP contribution is -2.14. The van der Waals surface area contributed by atoms with Crippen molar-refractivity contribution >= 4 is 11.8 Å². The average molecular weight is 409 g/mol. The molecular formula is C25H29FN2S. The Morgan fingerprint density at radius 1 is 1.14 bits per heavy atom. The second kappa shape index (κ2) is 9.47. The van der Waals surface area contributed by atoms with Crippen LogP contribution in [0.4, 0.5) is 4.39 Å². The molecular weight excluding hydrogens is 379 g/mol. The molecule has 0 radical (unpaired) electrons. The summed E-state index contributed by atoms with van der Waals surface area (Å²) in [6.45, 7) is 8.49. The normalized spacial score (nSPS) is 12.2. The van der Waals surface area contributed by atoms with Crippen LogP contribution in [0.1, 0.15) is 43.5 Å². The molecule has 0 amide bonds. The van der Waals surface area contributed by atoms with E-state index >= 15 is 0 Å². The highest BCUT2D eigenvalue weighted by Gasteiger charge is 2.20. The number of halogens is 1. The zero-order valence-electron chi connectivity index (χ0n) is 17.4. The second-order valence-electron chi connectivity index (χ2n) is 7.35. The van der Waals surface area contributed by atoms with Gasteiger partial charge in [-0.2, -0.15) is 0 Å². The number of hydrogen-bond donors (Lipinski definition) is 1. The van der Waals surface area contributed by atoms with Gasteiger partial charge in [-0.15, -0.1) is 11.8 Å². The SMILES string of the molecule is C=C(CCCC)C(N)c1cc(-c2ccc(SC)cc2)n(-c2ccc(F)cc2)c1C. The topological polar surface area (TPSA) is 30.9 Å². The molecule has 1 aromatic heterocycles.